The second-order valence-corrected chi connectivity index (χ2v) is 6.86. The fourth-order valence-electron chi connectivity index (χ4n) is 2.38. The molecule has 0 aromatic carbocycles. The number of rotatable bonds is 1. The van der Waals surface area contributed by atoms with Crippen LogP contribution in [0, 0.1) is 0 Å². The Morgan fingerprint density at radius 3 is 2.60 bits per heavy atom. The van der Waals surface area contributed by atoms with Crippen molar-refractivity contribution in [1.82, 2.24) is 15.2 Å². The summed E-state index contributed by atoms with van der Waals surface area (Å²) >= 11 is 1.63. The minimum Gasteiger partial charge on any atom is -0.397 e. The normalized spacial score (nSPS) is 12.2. The lowest BCUT2D eigenvalue weighted by Crippen LogP contribution is -2.12. The first-order valence-electron chi connectivity index (χ1n) is 6.36. The fourth-order valence-corrected chi connectivity index (χ4v) is 3.73. The van der Waals surface area contributed by atoms with Crippen molar-refractivity contribution in [2.45, 2.75) is 26.2 Å². The highest BCUT2D eigenvalue weighted by Gasteiger charge is 2.27. The molecule has 3 heterocycles. The highest BCUT2D eigenvalue weighted by atomic mass is 32.1. The summed E-state index contributed by atoms with van der Waals surface area (Å²) in [6, 6.07) is 3.67. The summed E-state index contributed by atoms with van der Waals surface area (Å²) in [7, 11) is 0. The first-order chi connectivity index (χ1) is 9.38. The molecular weight excluding hydrogens is 270 g/mol. The molecule has 0 amide bonds. The molecule has 0 saturated heterocycles. The predicted octanol–water partition coefficient (Wildman–Crippen LogP) is 3.15. The third-order valence-corrected chi connectivity index (χ3v) is 4.45. The number of H-pyrrole nitrogens is 1. The molecule has 0 radical (unpaired) electrons. The van der Waals surface area contributed by atoms with Gasteiger partial charge in [-0.3, -0.25) is 5.10 Å². The Labute approximate surface area is 121 Å². The Morgan fingerprint density at radius 2 is 2.00 bits per heavy atom. The van der Waals surface area contributed by atoms with Crippen LogP contribution < -0.4 is 11.5 Å². The number of hydrogen-bond donors (Lipinski definition) is 3. The Balaban J connectivity index is 2.44. The number of anilines is 2. The van der Waals surface area contributed by atoms with Crippen LogP contribution in [-0.4, -0.2) is 15.2 Å². The summed E-state index contributed by atoms with van der Waals surface area (Å²) in [4.78, 5) is 5.63. The highest BCUT2D eigenvalue weighted by Crippen LogP contribution is 2.45. The Kier molecular flexibility index (Phi) is 2.72. The average molecular weight is 287 g/mol. The highest BCUT2D eigenvalue weighted by molar-refractivity contribution is 7.23. The van der Waals surface area contributed by atoms with Crippen molar-refractivity contribution in [3.05, 3.63) is 23.9 Å². The molecule has 3 aromatic rings. The van der Waals surface area contributed by atoms with E-state index in [1.54, 1.807) is 23.6 Å². The van der Waals surface area contributed by atoms with Gasteiger partial charge in [0.2, 0.25) is 0 Å². The second-order valence-electron chi connectivity index (χ2n) is 5.84. The molecule has 5 N–H and O–H groups in total. The van der Waals surface area contributed by atoms with Crippen LogP contribution in [0.3, 0.4) is 0 Å². The Morgan fingerprint density at radius 1 is 1.25 bits per heavy atom. The minimum atomic E-state index is -0.0636. The van der Waals surface area contributed by atoms with Gasteiger partial charge in [0, 0.05) is 17.8 Å². The monoisotopic (exact) mass is 287 g/mol. The molecule has 0 fully saturated rings. The number of aromatic amines is 1. The molecule has 3 aromatic heterocycles. The molecule has 0 atom stereocenters. The van der Waals surface area contributed by atoms with Gasteiger partial charge >= 0.3 is 0 Å². The summed E-state index contributed by atoms with van der Waals surface area (Å²) in [6.45, 7) is 6.49. The number of thiophene rings is 1. The molecule has 0 aliphatic heterocycles. The number of pyridine rings is 1. The van der Waals surface area contributed by atoms with Gasteiger partial charge in [0.1, 0.15) is 5.82 Å². The smallest absolute Gasteiger partial charge is 0.126 e. The van der Waals surface area contributed by atoms with Crippen molar-refractivity contribution in [1.29, 1.82) is 0 Å². The molecule has 20 heavy (non-hydrogen) atoms. The van der Waals surface area contributed by atoms with E-state index in [1.165, 1.54) is 0 Å². The lowest BCUT2D eigenvalue weighted by Gasteiger charge is -2.19. The maximum atomic E-state index is 6.10. The molecule has 0 aliphatic rings. The van der Waals surface area contributed by atoms with E-state index < -0.39 is 0 Å². The summed E-state index contributed by atoms with van der Waals surface area (Å²) in [5.74, 6) is 0.453. The first kappa shape index (κ1) is 12.9. The maximum Gasteiger partial charge on any atom is 0.126 e. The third kappa shape index (κ3) is 1.92. The Bertz CT molecular complexity index is 765. The number of hydrogen-bond acceptors (Lipinski definition) is 5. The van der Waals surface area contributed by atoms with E-state index in [0.29, 0.717) is 11.5 Å². The molecule has 3 rings (SSSR count). The lowest BCUT2D eigenvalue weighted by atomic mass is 9.85. The topological polar surface area (TPSA) is 93.6 Å². The zero-order valence-corrected chi connectivity index (χ0v) is 12.5. The average Bonchev–Trinajstić information content (AvgIpc) is 2.91. The molecule has 0 bridgehead atoms. The summed E-state index contributed by atoms with van der Waals surface area (Å²) in [6.07, 6.45) is 1.75. The van der Waals surface area contributed by atoms with Crippen LogP contribution in [0.5, 0.6) is 0 Å². The molecule has 5 nitrogen and oxygen atoms in total. The standard InChI is InChI=1S/C14H17N5S/c1-14(2,3)10-11-12(7(15)6-9(16)18-11)20-13(10)8-4-5-17-19-8/h4-6H,1-3H3,(H,17,19)(H4,15,16,18). The SMILES string of the molecule is CC(C)(C)c1c(-c2ccn[nH]2)sc2c(N)cc(N)nc12. The zero-order valence-electron chi connectivity index (χ0n) is 11.7. The number of nitrogens with two attached hydrogens (primary N) is 2. The van der Waals surface area contributed by atoms with Gasteiger partial charge in [-0.25, -0.2) is 4.98 Å². The number of fused-ring (bicyclic) bond motifs is 1. The van der Waals surface area contributed by atoms with E-state index in [4.69, 9.17) is 11.5 Å². The largest absolute Gasteiger partial charge is 0.397 e. The molecule has 0 aliphatic carbocycles. The Hall–Kier alpha value is -2.08. The number of nitrogens with one attached hydrogen (secondary N) is 1. The molecule has 6 heteroatoms. The fraction of sp³-hybridized carbons (Fsp3) is 0.286. The maximum absolute atomic E-state index is 6.10. The van der Waals surface area contributed by atoms with Crippen LogP contribution in [0.1, 0.15) is 26.3 Å². The van der Waals surface area contributed by atoms with Gasteiger partial charge < -0.3 is 11.5 Å². The first-order valence-corrected chi connectivity index (χ1v) is 7.18. The summed E-state index contributed by atoms with van der Waals surface area (Å²) in [5.41, 5.74) is 15.6. The van der Waals surface area contributed by atoms with E-state index in [1.807, 2.05) is 6.07 Å². The van der Waals surface area contributed by atoms with Crippen LogP contribution in [0.2, 0.25) is 0 Å². The van der Waals surface area contributed by atoms with E-state index >= 15 is 0 Å². The van der Waals surface area contributed by atoms with Crippen LogP contribution in [0.25, 0.3) is 20.8 Å². The second kappa shape index (κ2) is 4.21. The predicted molar refractivity (Wildman–Crippen MR) is 84.7 cm³/mol. The van der Waals surface area contributed by atoms with Crippen LogP contribution >= 0.6 is 11.3 Å². The van der Waals surface area contributed by atoms with Crippen LogP contribution in [-0.2, 0) is 5.41 Å². The van der Waals surface area contributed by atoms with Gasteiger partial charge in [0.25, 0.3) is 0 Å². The molecule has 0 spiro atoms. The van der Waals surface area contributed by atoms with E-state index in [-0.39, 0.29) is 5.41 Å². The van der Waals surface area contributed by atoms with Crippen molar-refractivity contribution in [2.75, 3.05) is 11.5 Å². The van der Waals surface area contributed by atoms with Crippen molar-refractivity contribution in [2.24, 2.45) is 0 Å². The van der Waals surface area contributed by atoms with E-state index in [2.05, 4.69) is 36.0 Å². The van der Waals surface area contributed by atoms with Gasteiger partial charge in [-0.05, 0) is 11.5 Å². The van der Waals surface area contributed by atoms with Crippen molar-refractivity contribution < 1.29 is 0 Å². The van der Waals surface area contributed by atoms with Crippen molar-refractivity contribution >= 4 is 33.1 Å². The number of aromatic nitrogens is 3. The van der Waals surface area contributed by atoms with Gasteiger partial charge in [-0.15, -0.1) is 11.3 Å². The van der Waals surface area contributed by atoms with Crippen LogP contribution in [0.4, 0.5) is 11.5 Å². The third-order valence-electron chi connectivity index (χ3n) is 3.18. The molecular formula is C14H17N5S. The van der Waals surface area contributed by atoms with Gasteiger partial charge in [-0.2, -0.15) is 5.10 Å². The van der Waals surface area contributed by atoms with Crippen molar-refractivity contribution in [3.8, 4) is 10.6 Å². The van der Waals surface area contributed by atoms with Crippen molar-refractivity contribution in [3.63, 3.8) is 0 Å². The number of nitrogens with zero attached hydrogens (tertiary/aromatic N) is 2. The summed E-state index contributed by atoms with van der Waals surface area (Å²) < 4.78 is 0.980. The lowest BCUT2D eigenvalue weighted by molar-refractivity contribution is 0.598. The van der Waals surface area contributed by atoms with E-state index in [9.17, 15) is 0 Å². The summed E-state index contributed by atoms with van der Waals surface area (Å²) in [5, 5.41) is 7.06. The van der Waals surface area contributed by atoms with Gasteiger partial charge in [0.05, 0.1) is 26.5 Å². The van der Waals surface area contributed by atoms with Crippen LogP contribution in [0.15, 0.2) is 18.3 Å². The van der Waals surface area contributed by atoms with Gasteiger partial charge in [0.15, 0.2) is 0 Å². The quantitative estimate of drug-likeness (QED) is 0.641. The molecule has 104 valence electrons. The molecule has 0 unspecified atom stereocenters. The number of nitrogen functional groups attached to an aromatic ring is 2. The minimum absolute atomic E-state index is 0.0636. The molecule has 0 saturated carbocycles. The van der Waals surface area contributed by atoms with Gasteiger partial charge in [-0.1, -0.05) is 20.8 Å². The van der Waals surface area contributed by atoms with E-state index in [0.717, 1.165) is 26.4 Å². The zero-order chi connectivity index (χ0) is 14.5.